The first-order chi connectivity index (χ1) is 14.2. The lowest BCUT2D eigenvalue weighted by Gasteiger charge is -2.06. The number of aryl methyl sites for hydroxylation is 1. The third-order valence-corrected chi connectivity index (χ3v) is 5.26. The second-order valence-corrected chi connectivity index (χ2v) is 7.32. The number of hydrogen-bond donors (Lipinski definition) is 0. The van der Waals surface area contributed by atoms with Crippen LogP contribution in [0.2, 0.25) is 0 Å². The highest BCUT2D eigenvalue weighted by Crippen LogP contribution is 2.34. The molecule has 2 aromatic heterocycles. The second-order valence-electron chi connectivity index (χ2n) is 7.32. The maximum atomic E-state index is 9.49. The van der Waals surface area contributed by atoms with Crippen molar-refractivity contribution in [2.75, 3.05) is 0 Å². The molecule has 0 N–H and O–H groups in total. The molecule has 0 radical (unpaired) electrons. The summed E-state index contributed by atoms with van der Waals surface area (Å²) in [6.07, 6.45) is 2.72. The Morgan fingerprint density at radius 2 is 1.76 bits per heavy atom. The maximum absolute atomic E-state index is 9.49. The number of hydrogen-bond acceptors (Lipinski definition) is 3. The van der Waals surface area contributed by atoms with Gasteiger partial charge in [0.15, 0.2) is 0 Å². The SMILES string of the molecule is Cc1ccc(Cc2ccnc(-c3ccc4oc5cccc(C#N)c5c4c3)c2)cc1. The van der Waals surface area contributed by atoms with Crippen molar-refractivity contribution in [2.24, 2.45) is 0 Å². The second kappa shape index (κ2) is 6.92. The fourth-order valence-electron chi connectivity index (χ4n) is 3.76. The molecule has 0 saturated heterocycles. The van der Waals surface area contributed by atoms with Crippen LogP contribution in [0.25, 0.3) is 33.2 Å². The molecule has 0 unspecified atom stereocenters. The number of fused-ring (bicyclic) bond motifs is 3. The predicted octanol–water partition coefficient (Wildman–Crippen LogP) is 6.42. The number of benzene rings is 3. The van der Waals surface area contributed by atoms with Gasteiger partial charge in [-0.2, -0.15) is 5.26 Å². The standard InChI is InChI=1S/C26H18N2O/c1-17-5-7-18(8-6-17)13-19-11-12-28-23(14-19)20-9-10-24-22(15-20)26-21(16-27)3-2-4-25(26)29-24/h2-12,14-15H,13H2,1H3. The van der Waals surface area contributed by atoms with Gasteiger partial charge in [-0.1, -0.05) is 35.9 Å². The average Bonchev–Trinajstić information content (AvgIpc) is 3.13. The molecular formula is C26H18N2O. The zero-order valence-electron chi connectivity index (χ0n) is 16.0. The zero-order valence-corrected chi connectivity index (χ0v) is 16.0. The van der Waals surface area contributed by atoms with Crippen molar-refractivity contribution in [3.05, 3.63) is 101 Å². The van der Waals surface area contributed by atoms with Crippen LogP contribution in [-0.4, -0.2) is 4.98 Å². The van der Waals surface area contributed by atoms with Crippen LogP contribution in [0.5, 0.6) is 0 Å². The molecule has 5 aromatic rings. The molecule has 0 fully saturated rings. The Morgan fingerprint density at radius 1 is 0.897 bits per heavy atom. The van der Waals surface area contributed by atoms with Gasteiger partial charge in [0.2, 0.25) is 0 Å². The van der Waals surface area contributed by atoms with E-state index in [9.17, 15) is 5.26 Å². The van der Waals surface area contributed by atoms with E-state index >= 15 is 0 Å². The van der Waals surface area contributed by atoms with Crippen LogP contribution < -0.4 is 0 Å². The van der Waals surface area contributed by atoms with Crippen LogP contribution in [0.3, 0.4) is 0 Å². The average molecular weight is 374 g/mol. The van der Waals surface area contributed by atoms with Gasteiger partial charge in [-0.05, 0) is 66.9 Å². The zero-order chi connectivity index (χ0) is 19.8. The summed E-state index contributed by atoms with van der Waals surface area (Å²) >= 11 is 0. The summed E-state index contributed by atoms with van der Waals surface area (Å²) in [5.41, 5.74) is 7.83. The molecule has 3 nitrogen and oxygen atoms in total. The largest absolute Gasteiger partial charge is 0.456 e. The molecule has 0 aliphatic carbocycles. The molecule has 29 heavy (non-hydrogen) atoms. The fraction of sp³-hybridized carbons (Fsp3) is 0.0769. The van der Waals surface area contributed by atoms with Crippen molar-refractivity contribution in [3.8, 4) is 17.3 Å². The Kier molecular flexibility index (Phi) is 4.11. The van der Waals surface area contributed by atoms with Gasteiger partial charge in [0.1, 0.15) is 11.2 Å². The van der Waals surface area contributed by atoms with Gasteiger partial charge in [-0.25, -0.2) is 0 Å². The van der Waals surface area contributed by atoms with Gasteiger partial charge in [0.25, 0.3) is 0 Å². The number of nitrogens with zero attached hydrogens (tertiary/aromatic N) is 2. The van der Waals surface area contributed by atoms with Crippen LogP contribution in [0.4, 0.5) is 0 Å². The monoisotopic (exact) mass is 374 g/mol. The highest BCUT2D eigenvalue weighted by molar-refractivity contribution is 6.08. The topological polar surface area (TPSA) is 49.8 Å². The molecule has 0 atom stereocenters. The van der Waals surface area contributed by atoms with Crippen molar-refractivity contribution in [1.29, 1.82) is 5.26 Å². The predicted molar refractivity (Wildman–Crippen MR) is 116 cm³/mol. The lowest BCUT2D eigenvalue weighted by Crippen LogP contribution is -1.91. The van der Waals surface area contributed by atoms with Gasteiger partial charge >= 0.3 is 0 Å². The van der Waals surface area contributed by atoms with Gasteiger partial charge in [0, 0.05) is 22.5 Å². The lowest BCUT2D eigenvalue weighted by molar-refractivity contribution is 0.669. The van der Waals surface area contributed by atoms with E-state index in [4.69, 9.17) is 4.42 Å². The first-order valence-corrected chi connectivity index (χ1v) is 9.57. The van der Waals surface area contributed by atoms with Gasteiger partial charge in [-0.15, -0.1) is 0 Å². The summed E-state index contributed by atoms with van der Waals surface area (Å²) in [4.78, 5) is 4.58. The number of nitriles is 1. The van der Waals surface area contributed by atoms with E-state index < -0.39 is 0 Å². The first-order valence-electron chi connectivity index (χ1n) is 9.57. The van der Waals surface area contributed by atoms with Gasteiger partial charge in [-0.3, -0.25) is 4.98 Å². The Balaban J connectivity index is 1.58. The molecule has 3 aromatic carbocycles. The van der Waals surface area contributed by atoms with Gasteiger partial charge in [0.05, 0.1) is 17.3 Å². The van der Waals surface area contributed by atoms with Crippen molar-refractivity contribution < 1.29 is 4.42 Å². The molecular weight excluding hydrogens is 356 g/mol. The number of furan rings is 1. The number of aromatic nitrogens is 1. The van der Waals surface area contributed by atoms with E-state index in [-0.39, 0.29) is 0 Å². The third-order valence-electron chi connectivity index (χ3n) is 5.26. The quantitative estimate of drug-likeness (QED) is 0.366. The molecule has 0 saturated carbocycles. The van der Waals surface area contributed by atoms with Crippen LogP contribution in [0.15, 0.2) is 83.4 Å². The van der Waals surface area contributed by atoms with Crippen molar-refractivity contribution >= 4 is 21.9 Å². The summed E-state index contributed by atoms with van der Waals surface area (Å²) in [6, 6.07) is 26.7. The van der Waals surface area contributed by atoms with Crippen molar-refractivity contribution in [2.45, 2.75) is 13.3 Å². The summed E-state index contributed by atoms with van der Waals surface area (Å²) in [6.45, 7) is 2.10. The molecule has 0 aliphatic heterocycles. The Bertz CT molecular complexity index is 1390. The minimum absolute atomic E-state index is 0.625. The van der Waals surface area contributed by atoms with E-state index in [0.29, 0.717) is 5.56 Å². The van der Waals surface area contributed by atoms with Crippen molar-refractivity contribution in [3.63, 3.8) is 0 Å². The normalized spacial score (nSPS) is 11.0. The highest BCUT2D eigenvalue weighted by Gasteiger charge is 2.12. The van der Waals surface area contributed by atoms with E-state index in [2.05, 4.69) is 60.4 Å². The third kappa shape index (κ3) is 3.15. The number of rotatable bonds is 3. The lowest BCUT2D eigenvalue weighted by atomic mass is 10.0. The maximum Gasteiger partial charge on any atom is 0.136 e. The molecule has 138 valence electrons. The Morgan fingerprint density at radius 3 is 2.59 bits per heavy atom. The molecule has 0 bridgehead atoms. The minimum Gasteiger partial charge on any atom is -0.456 e. The molecule has 3 heteroatoms. The summed E-state index contributed by atoms with van der Waals surface area (Å²) < 4.78 is 5.93. The summed E-state index contributed by atoms with van der Waals surface area (Å²) in [5.74, 6) is 0. The smallest absolute Gasteiger partial charge is 0.136 e. The van der Waals surface area contributed by atoms with Crippen molar-refractivity contribution in [1.82, 2.24) is 4.98 Å². The van der Waals surface area contributed by atoms with Crippen LogP contribution >= 0.6 is 0 Å². The highest BCUT2D eigenvalue weighted by atomic mass is 16.3. The first kappa shape index (κ1) is 17.2. The summed E-state index contributed by atoms with van der Waals surface area (Å²) in [7, 11) is 0. The molecule has 0 spiro atoms. The molecule has 5 rings (SSSR count). The van der Waals surface area contributed by atoms with E-state index in [1.165, 1.54) is 16.7 Å². The van der Waals surface area contributed by atoms with E-state index in [1.54, 1.807) is 0 Å². The Labute approximate surface area is 168 Å². The minimum atomic E-state index is 0.625. The number of pyridine rings is 1. The molecule has 0 aliphatic rings. The van der Waals surface area contributed by atoms with Crippen LogP contribution in [-0.2, 0) is 6.42 Å². The fourth-order valence-corrected chi connectivity index (χ4v) is 3.76. The van der Waals surface area contributed by atoms with Crippen LogP contribution in [0, 0.1) is 18.3 Å². The Hall–Kier alpha value is -3.90. The molecule has 2 heterocycles. The van der Waals surface area contributed by atoms with E-state index in [1.807, 2.05) is 36.5 Å². The summed E-state index contributed by atoms with van der Waals surface area (Å²) in [5, 5.41) is 11.3. The van der Waals surface area contributed by atoms with Gasteiger partial charge < -0.3 is 4.42 Å². The molecule has 0 amide bonds. The van der Waals surface area contributed by atoms with Crippen LogP contribution in [0.1, 0.15) is 22.3 Å². The van der Waals surface area contributed by atoms with E-state index in [0.717, 1.165) is 39.6 Å².